The van der Waals surface area contributed by atoms with Gasteiger partial charge in [0.25, 0.3) is 0 Å². The first kappa shape index (κ1) is 20.2. The van der Waals surface area contributed by atoms with Crippen LogP contribution in [0.2, 0.25) is 0 Å². The quantitative estimate of drug-likeness (QED) is 0.624. The first-order chi connectivity index (χ1) is 13.5. The lowest BCUT2D eigenvalue weighted by atomic mass is 9.90. The van der Waals surface area contributed by atoms with E-state index < -0.39 is 0 Å². The number of amides is 2. The molecule has 1 aromatic rings. The largest absolute Gasteiger partial charge is 0.508 e. The lowest BCUT2D eigenvalue weighted by Gasteiger charge is -2.33. The molecule has 2 aliphatic rings. The van der Waals surface area contributed by atoms with Crippen LogP contribution in [0.4, 0.5) is 4.79 Å². The Labute approximate surface area is 165 Å². The van der Waals surface area contributed by atoms with E-state index in [0.717, 1.165) is 38.8 Å². The van der Waals surface area contributed by atoms with Gasteiger partial charge in [-0.05, 0) is 69.3 Å². The summed E-state index contributed by atoms with van der Waals surface area (Å²) in [5.41, 5.74) is 2.42. The fourth-order valence-corrected chi connectivity index (χ4v) is 3.77. The molecule has 1 aromatic carbocycles. The number of phenolic OH excluding ortho intramolecular Hbond substituents is 1. The summed E-state index contributed by atoms with van der Waals surface area (Å²) in [6, 6.07) is 7.16. The average molecular weight is 387 g/mol. The molecule has 7 nitrogen and oxygen atoms in total. The Morgan fingerprint density at radius 1 is 1.25 bits per heavy atom. The molecular weight excluding hydrogens is 358 g/mol. The molecule has 2 aliphatic heterocycles. The van der Waals surface area contributed by atoms with E-state index in [2.05, 4.69) is 15.5 Å². The van der Waals surface area contributed by atoms with Gasteiger partial charge in [-0.3, -0.25) is 4.90 Å². The van der Waals surface area contributed by atoms with Gasteiger partial charge in [-0.25, -0.2) is 9.59 Å². The summed E-state index contributed by atoms with van der Waals surface area (Å²) in [5, 5.41) is 14.8. The van der Waals surface area contributed by atoms with Crippen LogP contribution in [0.1, 0.15) is 31.7 Å². The number of carbonyl (C=O) groups excluding carboxylic acids is 2. The number of carbonyl (C=O) groups is 2. The number of aromatic hydroxyl groups is 1. The number of rotatable bonds is 7. The van der Waals surface area contributed by atoms with Crippen molar-refractivity contribution in [1.82, 2.24) is 15.5 Å². The number of esters is 1. The van der Waals surface area contributed by atoms with Crippen LogP contribution in [0.15, 0.2) is 35.5 Å². The van der Waals surface area contributed by atoms with Gasteiger partial charge in [-0.2, -0.15) is 0 Å². The molecule has 7 heteroatoms. The van der Waals surface area contributed by atoms with Crippen molar-refractivity contribution in [2.24, 2.45) is 5.92 Å². The third-order valence-corrected chi connectivity index (χ3v) is 5.44. The van der Waals surface area contributed by atoms with Crippen molar-refractivity contribution in [2.75, 3.05) is 32.8 Å². The highest BCUT2D eigenvalue weighted by Crippen LogP contribution is 2.24. The summed E-state index contributed by atoms with van der Waals surface area (Å²) in [7, 11) is 0. The summed E-state index contributed by atoms with van der Waals surface area (Å²) in [6.07, 6.45) is 4.36. The SMILES string of the molecule is CCOC(=O)C1=C(CN2CCC(CCc3ccc(O)cc3)CC2)NC(=O)NC1. The lowest BCUT2D eigenvalue weighted by molar-refractivity contribution is -0.138. The zero-order chi connectivity index (χ0) is 19.9. The molecule has 152 valence electrons. The van der Waals surface area contributed by atoms with Gasteiger partial charge in [0.15, 0.2) is 0 Å². The number of piperidine rings is 1. The third kappa shape index (κ3) is 5.48. The number of aryl methyl sites for hydroxylation is 1. The number of hydrogen-bond acceptors (Lipinski definition) is 5. The van der Waals surface area contributed by atoms with Crippen molar-refractivity contribution in [2.45, 2.75) is 32.6 Å². The van der Waals surface area contributed by atoms with Gasteiger partial charge in [0.2, 0.25) is 0 Å². The van der Waals surface area contributed by atoms with Crippen LogP contribution in [-0.4, -0.2) is 54.8 Å². The average Bonchev–Trinajstić information content (AvgIpc) is 2.69. The fourth-order valence-electron chi connectivity index (χ4n) is 3.77. The van der Waals surface area contributed by atoms with Crippen LogP contribution in [-0.2, 0) is 16.0 Å². The molecular formula is C21H29N3O4. The number of ether oxygens (including phenoxy) is 1. The van der Waals surface area contributed by atoms with E-state index in [1.807, 2.05) is 12.1 Å². The van der Waals surface area contributed by atoms with Crippen molar-refractivity contribution in [3.63, 3.8) is 0 Å². The van der Waals surface area contributed by atoms with E-state index in [1.165, 1.54) is 5.56 Å². The predicted molar refractivity (Wildman–Crippen MR) is 106 cm³/mol. The van der Waals surface area contributed by atoms with Gasteiger partial charge in [0, 0.05) is 12.2 Å². The van der Waals surface area contributed by atoms with Crippen molar-refractivity contribution in [1.29, 1.82) is 0 Å². The molecule has 0 atom stereocenters. The van der Waals surface area contributed by atoms with Gasteiger partial charge in [0.05, 0.1) is 18.7 Å². The zero-order valence-corrected chi connectivity index (χ0v) is 16.4. The van der Waals surface area contributed by atoms with Crippen LogP contribution in [0, 0.1) is 5.92 Å². The van der Waals surface area contributed by atoms with E-state index >= 15 is 0 Å². The predicted octanol–water partition coefficient (Wildman–Crippen LogP) is 2.17. The number of urea groups is 1. The molecule has 2 amide bonds. The van der Waals surface area contributed by atoms with Crippen molar-refractivity contribution in [3.05, 3.63) is 41.1 Å². The summed E-state index contributed by atoms with van der Waals surface area (Å²) < 4.78 is 5.11. The summed E-state index contributed by atoms with van der Waals surface area (Å²) in [5.74, 6) is 0.610. The minimum Gasteiger partial charge on any atom is -0.508 e. The Kier molecular flexibility index (Phi) is 6.92. The Bertz CT molecular complexity index is 722. The Hall–Kier alpha value is -2.54. The van der Waals surface area contributed by atoms with Gasteiger partial charge in [-0.1, -0.05) is 12.1 Å². The number of nitrogens with zero attached hydrogens (tertiary/aromatic N) is 1. The molecule has 2 heterocycles. The van der Waals surface area contributed by atoms with Crippen LogP contribution < -0.4 is 10.6 Å². The van der Waals surface area contributed by atoms with Crippen molar-refractivity contribution >= 4 is 12.0 Å². The van der Waals surface area contributed by atoms with Crippen molar-refractivity contribution in [3.8, 4) is 5.75 Å². The van der Waals surface area contributed by atoms with E-state index in [-0.39, 0.29) is 18.5 Å². The molecule has 0 saturated carbocycles. The van der Waals surface area contributed by atoms with Gasteiger partial charge in [-0.15, -0.1) is 0 Å². The number of benzene rings is 1. The fraction of sp³-hybridized carbons (Fsp3) is 0.524. The Balaban J connectivity index is 1.50. The second-order valence-corrected chi connectivity index (χ2v) is 7.41. The number of likely N-dealkylation sites (tertiary alicyclic amines) is 1. The maximum Gasteiger partial charge on any atom is 0.337 e. The first-order valence-electron chi connectivity index (χ1n) is 9.99. The maximum absolute atomic E-state index is 12.1. The van der Waals surface area contributed by atoms with Crippen LogP contribution in [0.25, 0.3) is 0 Å². The normalized spacial score (nSPS) is 18.5. The molecule has 1 saturated heterocycles. The van der Waals surface area contributed by atoms with E-state index in [9.17, 15) is 14.7 Å². The standard InChI is InChI=1S/C21H29N3O4/c1-2-28-20(26)18-13-22-21(27)23-19(18)14-24-11-9-16(10-12-24)4-3-15-5-7-17(25)8-6-15/h5-8,16,25H,2-4,9-14H2,1H3,(H2,22,23,27). The zero-order valence-electron chi connectivity index (χ0n) is 16.4. The molecule has 0 bridgehead atoms. The molecule has 0 spiro atoms. The number of nitrogens with one attached hydrogen (secondary N) is 2. The maximum atomic E-state index is 12.1. The highest BCUT2D eigenvalue weighted by Gasteiger charge is 2.26. The molecule has 3 N–H and O–H groups in total. The number of phenols is 1. The summed E-state index contributed by atoms with van der Waals surface area (Å²) in [4.78, 5) is 26.1. The Morgan fingerprint density at radius 2 is 1.96 bits per heavy atom. The highest BCUT2D eigenvalue weighted by molar-refractivity contribution is 5.93. The molecule has 3 rings (SSSR count). The molecule has 0 unspecified atom stereocenters. The van der Waals surface area contributed by atoms with E-state index in [0.29, 0.717) is 36.1 Å². The van der Waals surface area contributed by atoms with E-state index in [4.69, 9.17) is 4.74 Å². The van der Waals surface area contributed by atoms with Gasteiger partial charge >= 0.3 is 12.0 Å². The molecule has 1 fully saturated rings. The van der Waals surface area contributed by atoms with Crippen molar-refractivity contribution < 1.29 is 19.4 Å². The van der Waals surface area contributed by atoms with Crippen LogP contribution in [0.5, 0.6) is 5.75 Å². The Morgan fingerprint density at radius 3 is 2.64 bits per heavy atom. The third-order valence-electron chi connectivity index (χ3n) is 5.44. The lowest BCUT2D eigenvalue weighted by Crippen LogP contribution is -2.47. The van der Waals surface area contributed by atoms with Gasteiger partial charge in [0.1, 0.15) is 5.75 Å². The first-order valence-corrected chi connectivity index (χ1v) is 9.99. The number of hydrogen-bond donors (Lipinski definition) is 3. The molecule has 0 aliphatic carbocycles. The minimum atomic E-state index is -0.367. The van der Waals surface area contributed by atoms with Crippen LogP contribution >= 0.6 is 0 Å². The molecule has 28 heavy (non-hydrogen) atoms. The van der Waals surface area contributed by atoms with Crippen LogP contribution in [0.3, 0.4) is 0 Å². The van der Waals surface area contributed by atoms with Gasteiger partial charge < -0.3 is 20.5 Å². The second-order valence-electron chi connectivity index (χ2n) is 7.41. The summed E-state index contributed by atoms with van der Waals surface area (Å²) >= 11 is 0. The highest BCUT2D eigenvalue weighted by atomic mass is 16.5. The molecule has 0 radical (unpaired) electrons. The topological polar surface area (TPSA) is 90.9 Å². The smallest absolute Gasteiger partial charge is 0.337 e. The molecule has 0 aromatic heterocycles. The minimum absolute atomic E-state index is 0.211. The summed E-state index contributed by atoms with van der Waals surface area (Å²) in [6.45, 7) is 4.76. The second kappa shape index (κ2) is 9.59. The monoisotopic (exact) mass is 387 g/mol. The van der Waals surface area contributed by atoms with E-state index in [1.54, 1.807) is 19.1 Å².